The van der Waals surface area contributed by atoms with Crippen LogP contribution in [0.25, 0.3) is 0 Å². The van der Waals surface area contributed by atoms with Crippen molar-refractivity contribution in [2.75, 3.05) is 18.1 Å². The molecule has 1 fully saturated rings. The lowest BCUT2D eigenvalue weighted by Gasteiger charge is -2.22. The predicted molar refractivity (Wildman–Crippen MR) is 56.8 cm³/mol. The van der Waals surface area contributed by atoms with Crippen molar-refractivity contribution in [3.05, 3.63) is 12.2 Å². The molecule has 0 aromatic rings. The molecule has 14 heavy (non-hydrogen) atoms. The summed E-state index contributed by atoms with van der Waals surface area (Å²) in [7, 11) is -2.80. The van der Waals surface area contributed by atoms with E-state index < -0.39 is 9.84 Å². The standard InChI is InChI=1S/C10H18O3S/c1-9(4-5-11)7-10-3-2-6-14(12,13)8-10/h10-11H,1-8H2. The Morgan fingerprint density at radius 1 is 1.50 bits per heavy atom. The third kappa shape index (κ3) is 3.80. The molecule has 1 heterocycles. The van der Waals surface area contributed by atoms with Gasteiger partial charge in [-0.05, 0) is 31.6 Å². The van der Waals surface area contributed by atoms with E-state index in [1.54, 1.807) is 0 Å². The average Bonchev–Trinajstić information content (AvgIpc) is 2.02. The van der Waals surface area contributed by atoms with Crippen molar-refractivity contribution in [2.24, 2.45) is 5.92 Å². The molecule has 0 amide bonds. The van der Waals surface area contributed by atoms with Crippen molar-refractivity contribution >= 4 is 9.84 Å². The van der Waals surface area contributed by atoms with E-state index in [-0.39, 0.29) is 12.5 Å². The van der Waals surface area contributed by atoms with Crippen molar-refractivity contribution in [3.63, 3.8) is 0 Å². The van der Waals surface area contributed by atoms with Gasteiger partial charge < -0.3 is 5.11 Å². The summed E-state index contributed by atoms with van der Waals surface area (Å²) in [5.74, 6) is 0.876. The molecule has 1 atom stereocenters. The molecule has 3 nitrogen and oxygen atoms in total. The van der Waals surface area contributed by atoms with Crippen LogP contribution in [0.15, 0.2) is 12.2 Å². The van der Waals surface area contributed by atoms with E-state index in [2.05, 4.69) is 6.58 Å². The fourth-order valence-corrected chi connectivity index (χ4v) is 3.72. The fourth-order valence-electron chi connectivity index (χ4n) is 1.95. The Bertz CT molecular complexity index is 292. The molecule has 0 radical (unpaired) electrons. The Hall–Kier alpha value is -0.350. The van der Waals surface area contributed by atoms with Crippen molar-refractivity contribution in [1.29, 1.82) is 0 Å². The van der Waals surface area contributed by atoms with Gasteiger partial charge in [-0.15, -0.1) is 0 Å². The van der Waals surface area contributed by atoms with Gasteiger partial charge in [-0.1, -0.05) is 12.2 Å². The lowest BCUT2D eigenvalue weighted by molar-refractivity contribution is 0.296. The normalized spacial score (nSPS) is 25.9. The first kappa shape index (κ1) is 11.7. The number of hydrogen-bond donors (Lipinski definition) is 1. The van der Waals surface area contributed by atoms with Crippen LogP contribution in [0.2, 0.25) is 0 Å². The summed E-state index contributed by atoms with van der Waals surface area (Å²) in [5.41, 5.74) is 0.967. The van der Waals surface area contributed by atoms with E-state index >= 15 is 0 Å². The molecule has 1 aliphatic heterocycles. The largest absolute Gasteiger partial charge is 0.396 e. The van der Waals surface area contributed by atoms with Crippen molar-refractivity contribution in [3.8, 4) is 0 Å². The van der Waals surface area contributed by atoms with E-state index in [4.69, 9.17) is 5.11 Å². The van der Waals surface area contributed by atoms with Gasteiger partial charge in [0, 0.05) is 6.61 Å². The third-order valence-corrected chi connectivity index (χ3v) is 4.49. The Kier molecular flexibility index (Phi) is 4.13. The Balaban J connectivity index is 2.42. The van der Waals surface area contributed by atoms with Crippen LogP contribution in [0.5, 0.6) is 0 Å². The van der Waals surface area contributed by atoms with Gasteiger partial charge >= 0.3 is 0 Å². The molecular weight excluding hydrogens is 200 g/mol. The molecule has 0 saturated carbocycles. The smallest absolute Gasteiger partial charge is 0.150 e. The topological polar surface area (TPSA) is 54.4 Å². The van der Waals surface area contributed by atoms with Gasteiger partial charge in [-0.2, -0.15) is 0 Å². The summed E-state index contributed by atoms with van der Waals surface area (Å²) in [6, 6.07) is 0. The highest BCUT2D eigenvalue weighted by atomic mass is 32.2. The zero-order valence-corrected chi connectivity index (χ0v) is 9.22. The highest BCUT2D eigenvalue weighted by Crippen LogP contribution is 2.24. The van der Waals surface area contributed by atoms with Crippen LogP contribution in [0.1, 0.15) is 25.7 Å². The van der Waals surface area contributed by atoms with Crippen LogP contribution in [-0.4, -0.2) is 31.6 Å². The number of hydrogen-bond acceptors (Lipinski definition) is 3. The summed E-state index contributed by atoms with van der Waals surface area (Å²) in [4.78, 5) is 0. The quantitative estimate of drug-likeness (QED) is 0.720. The molecule has 1 N–H and O–H groups in total. The maximum absolute atomic E-state index is 11.3. The third-order valence-electron chi connectivity index (χ3n) is 2.60. The SMILES string of the molecule is C=C(CCO)CC1CCCS(=O)(=O)C1. The van der Waals surface area contributed by atoms with E-state index in [0.717, 1.165) is 24.8 Å². The first-order valence-corrected chi connectivity index (χ1v) is 6.83. The minimum Gasteiger partial charge on any atom is -0.396 e. The number of rotatable bonds is 4. The van der Waals surface area contributed by atoms with E-state index in [1.807, 2.05) is 0 Å². The molecule has 0 aromatic carbocycles. The minimum absolute atomic E-state index is 0.109. The predicted octanol–water partition coefficient (Wildman–Crippen LogP) is 1.14. The van der Waals surface area contributed by atoms with Crippen LogP contribution in [0.4, 0.5) is 0 Å². The maximum Gasteiger partial charge on any atom is 0.150 e. The molecule has 1 unspecified atom stereocenters. The molecule has 0 aliphatic carbocycles. The van der Waals surface area contributed by atoms with Gasteiger partial charge in [-0.3, -0.25) is 0 Å². The second kappa shape index (κ2) is 4.94. The Labute approximate surface area is 85.7 Å². The average molecular weight is 218 g/mol. The maximum atomic E-state index is 11.3. The highest BCUT2D eigenvalue weighted by molar-refractivity contribution is 7.91. The molecule has 82 valence electrons. The Morgan fingerprint density at radius 3 is 2.79 bits per heavy atom. The monoisotopic (exact) mass is 218 g/mol. The summed E-state index contributed by atoms with van der Waals surface area (Å²) < 4.78 is 22.6. The highest BCUT2D eigenvalue weighted by Gasteiger charge is 2.24. The molecular formula is C10H18O3S. The molecule has 1 aliphatic rings. The van der Waals surface area contributed by atoms with Crippen molar-refractivity contribution < 1.29 is 13.5 Å². The number of aliphatic hydroxyl groups is 1. The van der Waals surface area contributed by atoms with E-state index in [0.29, 0.717) is 17.9 Å². The zero-order chi connectivity index (χ0) is 10.6. The summed E-state index contributed by atoms with van der Waals surface area (Å²) in [6.07, 6.45) is 3.10. The summed E-state index contributed by atoms with van der Waals surface area (Å²) in [5, 5.41) is 8.69. The van der Waals surface area contributed by atoms with E-state index in [1.165, 1.54) is 0 Å². The number of aliphatic hydroxyl groups excluding tert-OH is 1. The molecule has 1 saturated heterocycles. The lowest BCUT2D eigenvalue weighted by atomic mass is 9.96. The van der Waals surface area contributed by atoms with Crippen LogP contribution in [-0.2, 0) is 9.84 Å². The number of sulfone groups is 1. The van der Waals surface area contributed by atoms with Crippen LogP contribution < -0.4 is 0 Å². The minimum atomic E-state index is -2.80. The lowest BCUT2D eigenvalue weighted by Crippen LogP contribution is -2.25. The van der Waals surface area contributed by atoms with Gasteiger partial charge in [0.25, 0.3) is 0 Å². The van der Waals surface area contributed by atoms with E-state index in [9.17, 15) is 8.42 Å². The summed E-state index contributed by atoms with van der Waals surface area (Å²) >= 11 is 0. The van der Waals surface area contributed by atoms with Gasteiger partial charge in [0.05, 0.1) is 11.5 Å². The molecule has 0 aromatic heterocycles. The fraction of sp³-hybridized carbons (Fsp3) is 0.800. The first-order chi connectivity index (χ1) is 6.53. The van der Waals surface area contributed by atoms with Crippen molar-refractivity contribution in [2.45, 2.75) is 25.7 Å². The second-order valence-electron chi connectivity index (χ2n) is 4.05. The first-order valence-electron chi connectivity index (χ1n) is 5.01. The molecule has 0 spiro atoms. The van der Waals surface area contributed by atoms with Gasteiger partial charge in [0.1, 0.15) is 0 Å². The van der Waals surface area contributed by atoms with Gasteiger partial charge in [-0.25, -0.2) is 8.42 Å². The molecule has 0 bridgehead atoms. The zero-order valence-electron chi connectivity index (χ0n) is 8.41. The molecule has 4 heteroatoms. The van der Waals surface area contributed by atoms with Crippen LogP contribution in [0, 0.1) is 5.92 Å². The summed E-state index contributed by atoms with van der Waals surface area (Å²) in [6.45, 7) is 3.94. The second-order valence-corrected chi connectivity index (χ2v) is 6.28. The Morgan fingerprint density at radius 2 is 2.21 bits per heavy atom. The molecule has 1 rings (SSSR count). The van der Waals surface area contributed by atoms with Crippen LogP contribution in [0.3, 0.4) is 0 Å². The van der Waals surface area contributed by atoms with Gasteiger partial charge in [0.2, 0.25) is 0 Å². The van der Waals surface area contributed by atoms with Gasteiger partial charge in [0.15, 0.2) is 9.84 Å². The van der Waals surface area contributed by atoms with Crippen molar-refractivity contribution in [1.82, 2.24) is 0 Å². The van der Waals surface area contributed by atoms with Crippen LogP contribution >= 0.6 is 0 Å².